The standard InChI is InChI=1S/C21H25NO6S/c1-13-10-14(2)21(15(3)11-13)27-12-19(23)28-16(4)20(24)17-6-8-18(9-7-17)22-29(5,25)26/h6-11,16,22H,12H2,1-5H3/t16-/m1/s1. The van der Waals surface area contributed by atoms with E-state index in [4.69, 9.17) is 9.47 Å². The Balaban J connectivity index is 1.94. The second kappa shape index (κ2) is 9.09. The first-order valence-electron chi connectivity index (χ1n) is 8.98. The van der Waals surface area contributed by atoms with Gasteiger partial charge in [0.15, 0.2) is 12.7 Å². The zero-order chi connectivity index (χ0) is 21.8. The Morgan fingerprint density at radius 2 is 1.59 bits per heavy atom. The minimum atomic E-state index is -3.40. The van der Waals surface area contributed by atoms with Crippen molar-refractivity contribution in [3.63, 3.8) is 0 Å². The number of hydrogen-bond donors (Lipinski definition) is 1. The Kier molecular flexibility index (Phi) is 7.02. The van der Waals surface area contributed by atoms with Crippen LogP contribution in [-0.2, 0) is 19.6 Å². The quantitative estimate of drug-likeness (QED) is 0.521. The normalized spacial score (nSPS) is 12.2. The van der Waals surface area contributed by atoms with Crippen LogP contribution in [0.1, 0.15) is 34.0 Å². The zero-order valence-corrected chi connectivity index (χ0v) is 17.9. The number of anilines is 1. The van der Waals surface area contributed by atoms with Crippen LogP contribution in [0, 0.1) is 20.8 Å². The highest BCUT2D eigenvalue weighted by atomic mass is 32.2. The van der Waals surface area contributed by atoms with Crippen LogP contribution in [0.3, 0.4) is 0 Å². The van der Waals surface area contributed by atoms with Crippen LogP contribution in [0.2, 0.25) is 0 Å². The molecule has 29 heavy (non-hydrogen) atoms. The molecule has 156 valence electrons. The second-order valence-corrected chi connectivity index (χ2v) is 8.71. The molecule has 0 amide bonds. The Labute approximate surface area is 171 Å². The molecule has 0 spiro atoms. The molecule has 0 aliphatic heterocycles. The number of ether oxygens (including phenoxy) is 2. The number of Topliss-reactive ketones (excluding diaryl/α,β-unsaturated/α-hetero) is 1. The third-order valence-electron chi connectivity index (χ3n) is 4.09. The number of hydrogen-bond acceptors (Lipinski definition) is 6. The van der Waals surface area contributed by atoms with Crippen molar-refractivity contribution >= 4 is 27.5 Å². The predicted octanol–water partition coefficient (Wildman–Crippen LogP) is 3.18. The number of carbonyl (C=O) groups excluding carboxylic acids is 2. The van der Waals surface area contributed by atoms with E-state index in [1.807, 2.05) is 32.9 Å². The Morgan fingerprint density at radius 1 is 1.03 bits per heavy atom. The van der Waals surface area contributed by atoms with Gasteiger partial charge in [-0.15, -0.1) is 0 Å². The molecule has 2 rings (SSSR count). The van der Waals surface area contributed by atoms with Crippen molar-refractivity contribution in [1.82, 2.24) is 0 Å². The fourth-order valence-corrected chi connectivity index (χ4v) is 3.53. The van der Waals surface area contributed by atoms with E-state index in [9.17, 15) is 18.0 Å². The predicted molar refractivity (Wildman–Crippen MR) is 111 cm³/mol. The van der Waals surface area contributed by atoms with Gasteiger partial charge in [0, 0.05) is 11.3 Å². The maximum Gasteiger partial charge on any atom is 0.344 e. The molecule has 0 bridgehead atoms. The van der Waals surface area contributed by atoms with Gasteiger partial charge in [0.05, 0.1) is 6.26 Å². The number of aryl methyl sites for hydroxylation is 3. The number of carbonyl (C=O) groups is 2. The summed E-state index contributed by atoms with van der Waals surface area (Å²) >= 11 is 0. The molecule has 0 saturated heterocycles. The molecule has 0 saturated carbocycles. The van der Waals surface area contributed by atoms with Gasteiger partial charge >= 0.3 is 5.97 Å². The van der Waals surface area contributed by atoms with Crippen molar-refractivity contribution < 1.29 is 27.5 Å². The Bertz CT molecular complexity index is 989. The number of rotatable bonds is 8. The summed E-state index contributed by atoms with van der Waals surface area (Å²) < 4.78 is 35.5. The molecule has 8 heteroatoms. The fourth-order valence-electron chi connectivity index (χ4n) is 2.96. The van der Waals surface area contributed by atoms with Gasteiger partial charge in [-0.1, -0.05) is 17.7 Å². The third kappa shape index (κ3) is 6.60. The lowest BCUT2D eigenvalue weighted by atomic mass is 10.1. The van der Waals surface area contributed by atoms with E-state index in [1.54, 1.807) is 0 Å². The summed E-state index contributed by atoms with van der Waals surface area (Å²) in [6.45, 7) is 6.95. The third-order valence-corrected chi connectivity index (χ3v) is 4.70. The van der Waals surface area contributed by atoms with Crippen molar-refractivity contribution in [3.05, 3.63) is 58.7 Å². The van der Waals surface area contributed by atoms with Crippen molar-refractivity contribution in [3.8, 4) is 5.75 Å². The molecule has 1 N–H and O–H groups in total. The average Bonchev–Trinajstić information content (AvgIpc) is 2.59. The van der Waals surface area contributed by atoms with Gasteiger partial charge in [-0.25, -0.2) is 13.2 Å². The summed E-state index contributed by atoms with van der Waals surface area (Å²) in [5.41, 5.74) is 3.58. The summed E-state index contributed by atoms with van der Waals surface area (Å²) in [6, 6.07) is 9.79. The molecule has 2 aromatic rings. The molecule has 0 heterocycles. The SMILES string of the molecule is Cc1cc(C)c(OCC(=O)O[C@H](C)C(=O)c2ccc(NS(C)(=O)=O)cc2)c(C)c1. The highest BCUT2D eigenvalue weighted by Crippen LogP contribution is 2.24. The van der Waals surface area contributed by atoms with Gasteiger partial charge in [0.2, 0.25) is 15.8 Å². The summed E-state index contributed by atoms with van der Waals surface area (Å²) in [5.74, 6) is -0.423. The first-order valence-corrected chi connectivity index (χ1v) is 10.9. The summed E-state index contributed by atoms with van der Waals surface area (Å²) in [5, 5.41) is 0. The largest absolute Gasteiger partial charge is 0.481 e. The van der Waals surface area contributed by atoms with Gasteiger partial charge in [0.25, 0.3) is 0 Å². The minimum Gasteiger partial charge on any atom is -0.481 e. The maximum absolute atomic E-state index is 12.4. The lowest BCUT2D eigenvalue weighted by Crippen LogP contribution is -2.27. The van der Waals surface area contributed by atoms with Crippen LogP contribution in [0.25, 0.3) is 0 Å². The molecule has 0 aromatic heterocycles. The van der Waals surface area contributed by atoms with Crippen LogP contribution < -0.4 is 9.46 Å². The van der Waals surface area contributed by atoms with Crippen molar-refractivity contribution in [2.75, 3.05) is 17.6 Å². The van der Waals surface area contributed by atoms with Gasteiger partial charge in [0.1, 0.15) is 5.75 Å². The molecule has 0 aliphatic carbocycles. The van der Waals surface area contributed by atoms with E-state index in [-0.39, 0.29) is 6.61 Å². The van der Waals surface area contributed by atoms with Crippen molar-refractivity contribution in [1.29, 1.82) is 0 Å². The monoisotopic (exact) mass is 419 g/mol. The number of nitrogens with one attached hydrogen (secondary N) is 1. The van der Waals surface area contributed by atoms with Crippen molar-refractivity contribution in [2.45, 2.75) is 33.8 Å². The topological polar surface area (TPSA) is 98.8 Å². The lowest BCUT2D eigenvalue weighted by Gasteiger charge is -2.15. The fraction of sp³-hybridized carbons (Fsp3) is 0.333. The molecule has 0 fully saturated rings. The van der Waals surface area contributed by atoms with Crippen LogP contribution in [0.15, 0.2) is 36.4 Å². The summed E-state index contributed by atoms with van der Waals surface area (Å²) in [4.78, 5) is 24.5. The Hall–Kier alpha value is -2.87. The van der Waals surface area contributed by atoms with Crippen LogP contribution >= 0.6 is 0 Å². The molecule has 1 atom stereocenters. The first kappa shape index (κ1) is 22.4. The summed E-state index contributed by atoms with van der Waals surface area (Å²) in [6.07, 6.45) is 0.0370. The molecular formula is C21H25NO6S. The average molecular weight is 419 g/mol. The Morgan fingerprint density at radius 3 is 2.10 bits per heavy atom. The van der Waals surface area contributed by atoms with E-state index in [0.717, 1.165) is 22.9 Å². The second-order valence-electron chi connectivity index (χ2n) is 6.96. The van der Waals surface area contributed by atoms with Crippen LogP contribution in [0.5, 0.6) is 5.75 Å². The zero-order valence-electron chi connectivity index (χ0n) is 17.1. The van der Waals surface area contributed by atoms with E-state index in [0.29, 0.717) is 17.0 Å². The van der Waals surface area contributed by atoms with E-state index in [2.05, 4.69) is 4.72 Å². The first-order chi connectivity index (χ1) is 13.5. The van der Waals surface area contributed by atoms with Gasteiger partial charge in [-0.3, -0.25) is 9.52 Å². The van der Waals surface area contributed by atoms with Gasteiger partial charge in [-0.2, -0.15) is 0 Å². The maximum atomic E-state index is 12.4. The number of sulfonamides is 1. The molecule has 0 unspecified atom stereocenters. The summed E-state index contributed by atoms with van der Waals surface area (Å²) in [7, 11) is -3.40. The van der Waals surface area contributed by atoms with E-state index in [1.165, 1.54) is 31.2 Å². The van der Waals surface area contributed by atoms with Gasteiger partial charge in [-0.05, 0) is 63.1 Å². The molecule has 7 nitrogen and oxygen atoms in total. The molecule has 0 aliphatic rings. The van der Waals surface area contributed by atoms with E-state index >= 15 is 0 Å². The van der Waals surface area contributed by atoms with E-state index < -0.39 is 27.9 Å². The number of esters is 1. The molecule has 0 radical (unpaired) electrons. The minimum absolute atomic E-state index is 0.301. The number of benzene rings is 2. The smallest absolute Gasteiger partial charge is 0.344 e. The number of ketones is 1. The van der Waals surface area contributed by atoms with Crippen molar-refractivity contribution in [2.24, 2.45) is 0 Å². The van der Waals surface area contributed by atoms with Gasteiger partial charge < -0.3 is 9.47 Å². The molecule has 2 aromatic carbocycles. The highest BCUT2D eigenvalue weighted by Gasteiger charge is 2.20. The highest BCUT2D eigenvalue weighted by molar-refractivity contribution is 7.92. The molecular weight excluding hydrogens is 394 g/mol. The van der Waals surface area contributed by atoms with Crippen LogP contribution in [-0.4, -0.2) is 39.1 Å². The lowest BCUT2D eigenvalue weighted by molar-refractivity contribution is -0.148. The van der Waals surface area contributed by atoms with Crippen LogP contribution in [0.4, 0.5) is 5.69 Å².